The minimum Gasteiger partial charge on any atom is -0.447 e. The van der Waals surface area contributed by atoms with E-state index in [0.717, 1.165) is 5.56 Å². The van der Waals surface area contributed by atoms with Crippen molar-refractivity contribution < 1.29 is 14.3 Å². The molecule has 2 aliphatic heterocycles. The molecule has 0 aliphatic carbocycles. The van der Waals surface area contributed by atoms with Crippen LogP contribution in [-0.4, -0.2) is 35.6 Å². The van der Waals surface area contributed by atoms with Crippen molar-refractivity contribution in [1.29, 1.82) is 0 Å². The Morgan fingerprint density at radius 2 is 1.86 bits per heavy atom. The Kier molecular flexibility index (Phi) is 3.15. The summed E-state index contributed by atoms with van der Waals surface area (Å²) in [4.78, 5) is 25.8. The van der Waals surface area contributed by atoms with Crippen LogP contribution < -0.4 is 5.32 Å². The van der Waals surface area contributed by atoms with Gasteiger partial charge in [0, 0.05) is 0 Å². The lowest BCUT2D eigenvalue weighted by molar-refractivity contribution is -0.140. The second-order valence-corrected chi connectivity index (χ2v) is 6.71. The van der Waals surface area contributed by atoms with Gasteiger partial charge in [-0.15, -0.1) is 0 Å². The quantitative estimate of drug-likeness (QED) is 0.848. The lowest BCUT2D eigenvalue weighted by Gasteiger charge is -2.48. The van der Waals surface area contributed by atoms with Crippen LogP contribution in [0.5, 0.6) is 0 Å². The van der Waals surface area contributed by atoms with Crippen molar-refractivity contribution in [3.8, 4) is 0 Å². The summed E-state index contributed by atoms with van der Waals surface area (Å²) >= 11 is 0. The van der Waals surface area contributed by atoms with E-state index in [1.165, 1.54) is 0 Å². The Balaban J connectivity index is 1.91. The van der Waals surface area contributed by atoms with E-state index in [0.29, 0.717) is 6.61 Å². The van der Waals surface area contributed by atoms with Gasteiger partial charge in [0.2, 0.25) is 5.91 Å². The van der Waals surface area contributed by atoms with Crippen molar-refractivity contribution in [2.24, 2.45) is 5.41 Å². The van der Waals surface area contributed by atoms with E-state index in [2.05, 4.69) is 26.1 Å². The molecule has 1 aromatic carbocycles. The van der Waals surface area contributed by atoms with Crippen LogP contribution in [0.2, 0.25) is 0 Å². The summed E-state index contributed by atoms with van der Waals surface area (Å²) in [5.41, 5.74) is 0.888. The van der Waals surface area contributed by atoms with Gasteiger partial charge < -0.3 is 10.1 Å². The third-order valence-corrected chi connectivity index (χ3v) is 4.21. The number of rotatable bonds is 2. The highest BCUT2D eigenvalue weighted by molar-refractivity contribution is 5.93. The predicted molar refractivity (Wildman–Crippen MR) is 77.5 cm³/mol. The number of carbonyl (C=O) groups is 2. The minimum absolute atomic E-state index is 0.0538. The highest BCUT2D eigenvalue weighted by atomic mass is 16.6. The number of carbonyl (C=O) groups excluding carboxylic acids is 2. The van der Waals surface area contributed by atoms with Gasteiger partial charge >= 0.3 is 6.09 Å². The van der Waals surface area contributed by atoms with Gasteiger partial charge in [0.1, 0.15) is 12.6 Å². The molecule has 2 fully saturated rings. The summed E-state index contributed by atoms with van der Waals surface area (Å²) in [5.74, 6) is -0.102. The predicted octanol–water partition coefficient (Wildman–Crippen LogP) is 2.09. The first-order chi connectivity index (χ1) is 9.89. The third kappa shape index (κ3) is 2.26. The topological polar surface area (TPSA) is 58.6 Å². The molecule has 5 heteroatoms. The summed E-state index contributed by atoms with van der Waals surface area (Å²) in [6.07, 6.45) is -0.405. The van der Waals surface area contributed by atoms with Crippen LogP contribution in [0.1, 0.15) is 32.4 Å². The van der Waals surface area contributed by atoms with Crippen LogP contribution in [0.3, 0.4) is 0 Å². The fourth-order valence-corrected chi connectivity index (χ4v) is 3.02. The van der Waals surface area contributed by atoms with E-state index in [4.69, 9.17) is 4.74 Å². The van der Waals surface area contributed by atoms with Crippen molar-refractivity contribution in [3.63, 3.8) is 0 Å². The van der Waals surface area contributed by atoms with Gasteiger partial charge in [0.05, 0.1) is 12.1 Å². The molecule has 2 amide bonds. The van der Waals surface area contributed by atoms with Crippen molar-refractivity contribution in [3.05, 3.63) is 35.9 Å². The number of nitrogens with zero attached hydrogens (tertiary/aromatic N) is 1. The van der Waals surface area contributed by atoms with Gasteiger partial charge in [0.15, 0.2) is 0 Å². The molecule has 0 radical (unpaired) electrons. The average Bonchev–Trinajstić information content (AvgIpc) is 2.78. The highest BCUT2D eigenvalue weighted by Crippen LogP contribution is 2.37. The first-order valence-corrected chi connectivity index (χ1v) is 7.20. The third-order valence-electron chi connectivity index (χ3n) is 4.21. The van der Waals surface area contributed by atoms with Crippen molar-refractivity contribution in [2.75, 3.05) is 6.61 Å². The molecule has 112 valence electrons. The lowest BCUT2D eigenvalue weighted by Crippen LogP contribution is -2.73. The molecule has 0 saturated carbocycles. The summed E-state index contributed by atoms with van der Waals surface area (Å²) in [7, 11) is 0. The van der Waals surface area contributed by atoms with Gasteiger partial charge in [-0.2, -0.15) is 0 Å². The Bertz CT molecular complexity index is 565. The van der Waals surface area contributed by atoms with E-state index >= 15 is 0 Å². The molecule has 5 nitrogen and oxygen atoms in total. The second-order valence-electron chi connectivity index (χ2n) is 6.71. The largest absolute Gasteiger partial charge is 0.447 e. The Morgan fingerprint density at radius 1 is 1.19 bits per heavy atom. The van der Waals surface area contributed by atoms with E-state index < -0.39 is 12.1 Å². The van der Waals surface area contributed by atoms with Crippen molar-refractivity contribution in [2.45, 2.75) is 38.9 Å². The fourth-order valence-electron chi connectivity index (χ4n) is 3.02. The molecule has 3 rings (SSSR count). The molecule has 21 heavy (non-hydrogen) atoms. The lowest BCUT2D eigenvalue weighted by atomic mass is 9.76. The second kappa shape index (κ2) is 4.76. The number of β-lactam (4-membered cyclic amide) rings is 1. The van der Waals surface area contributed by atoms with Gasteiger partial charge in [-0.1, -0.05) is 51.1 Å². The van der Waals surface area contributed by atoms with E-state index in [1.54, 1.807) is 4.90 Å². The molecule has 0 aromatic heterocycles. The molecule has 1 aromatic rings. The minimum atomic E-state index is -0.454. The van der Waals surface area contributed by atoms with E-state index in [1.807, 2.05) is 30.3 Å². The summed E-state index contributed by atoms with van der Waals surface area (Å²) in [6.45, 7) is 6.47. The van der Waals surface area contributed by atoms with Crippen LogP contribution in [0.25, 0.3) is 0 Å². The maximum atomic E-state index is 12.1. The molecule has 0 spiro atoms. The Labute approximate surface area is 124 Å². The first-order valence-electron chi connectivity index (χ1n) is 7.20. The standard InChI is InChI=1S/C16H20N2O3/c1-16(2,3)13-12(14(19)17-13)18-11(9-21-15(18)20)10-7-5-4-6-8-10/h4-8,11-13H,9H2,1-3H3,(H,17,19)/t11-,12+,13-/m1/s1. The number of hydrogen-bond acceptors (Lipinski definition) is 3. The molecule has 1 N–H and O–H groups in total. The summed E-state index contributed by atoms with van der Waals surface area (Å²) in [6, 6.07) is 9.01. The van der Waals surface area contributed by atoms with Gasteiger partial charge in [-0.05, 0) is 11.0 Å². The molecular formula is C16H20N2O3. The molecule has 2 saturated heterocycles. The fraction of sp³-hybridized carbons (Fsp3) is 0.500. The number of ether oxygens (including phenoxy) is 1. The number of cyclic esters (lactones) is 1. The smallest absolute Gasteiger partial charge is 0.411 e. The first kappa shape index (κ1) is 13.9. The number of hydrogen-bond donors (Lipinski definition) is 1. The monoisotopic (exact) mass is 288 g/mol. The van der Waals surface area contributed by atoms with E-state index in [9.17, 15) is 9.59 Å². The van der Waals surface area contributed by atoms with Crippen LogP contribution >= 0.6 is 0 Å². The number of benzene rings is 1. The molecule has 2 aliphatic rings. The summed E-state index contributed by atoms with van der Waals surface area (Å²) in [5, 5.41) is 2.91. The van der Waals surface area contributed by atoms with Crippen LogP contribution in [0, 0.1) is 5.41 Å². The van der Waals surface area contributed by atoms with Crippen LogP contribution in [-0.2, 0) is 9.53 Å². The zero-order valence-corrected chi connectivity index (χ0v) is 12.5. The molecule has 2 heterocycles. The normalized spacial score (nSPS) is 28.9. The van der Waals surface area contributed by atoms with Crippen LogP contribution in [0.4, 0.5) is 4.79 Å². The number of amides is 2. The van der Waals surface area contributed by atoms with Gasteiger partial charge in [-0.3, -0.25) is 9.69 Å². The Morgan fingerprint density at radius 3 is 2.43 bits per heavy atom. The molecule has 3 atom stereocenters. The highest BCUT2D eigenvalue weighted by Gasteiger charge is 2.54. The SMILES string of the molecule is CC(C)(C)[C@@H]1NC(=O)[C@H]1N1C(=O)OC[C@@H]1c1ccccc1. The zero-order valence-electron chi connectivity index (χ0n) is 12.5. The maximum absolute atomic E-state index is 12.1. The molecule has 0 bridgehead atoms. The number of nitrogens with one attached hydrogen (secondary N) is 1. The average molecular weight is 288 g/mol. The molecule has 0 unspecified atom stereocenters. The molecular weight excluding hydrogens is 268 g/mol. The maximum Gasteiger partial charge on any atom is 0.411 e. The van der Waals surface area contributed by atoms with Gasteiger partial charge in [0.25, 0.3) is 0 Å². The van der Waals surface area contributed by atoms with E-state index in [-0.39, 0.29) is 23.4 Å². The Hall–Kier alpha value is -2.04. The summed E-state index contributed by atoms with van der Waals surface area (Å²) < 4.78 is 5.21. The van der Waals surface area contributed by atoms with Crippen molar-refractivity contribution in [1.82, 2.24) is 10.2 Å². The van der Waals surface area contributed by atoms with Crippen LogP contribution in [0.15, 0.2) is 30.3 Å². The van der Waals surface area contributed by atoms with Gasteiger partial charge in [-0.25, -0.2) is 4.79 Å². The van der Waals surface area contributed by atoms with Crippen molar-refractivity contribution >= 4 is 12.0 Å². The zero-order chi connectivity index (χ0) is 15.2.